The average molecular weight is 1280 g/mol. The highest BCUT2D eigenvalue weighted by Crippen LogP contribution is 2.23. The number of thioether (sulfide) groups is 1. The first-order chi connectivity index (χ1) is 42.2. The number of aliphatic hydroxyl groups excluding tert-OH is 2. The maximum atomic E-state index is 13.8. The number of unbranched alkanes of at least 4 members (excludes halogenated alkanes) is 2. The molecule has 37 heteroatoms. The van der Waals surface area contributed by atoms with Crippen LogP contribution in [0, 0.1) is 11.3 Å². The number of ether oxygens (including phenoxy) is 2. The van der Waals surface area contributed by atoms with Gasteiger partial charge in [0.15, 0.2) is 5.96 Å². The van der Waals surface area contributed by atoms with E-state index in [1.165, 1.54) is 36.3 Å². The van der Waals surface area contributed by atoms with Crippen molar-refractivity contribution >= 4 is 100 Å². The van der Waals surface area contributed by atoms with E-state index in [4.69, 9.17) is 26.4 Å². The number of carbonyl (C=O) groups is 14. The number of aromatic amines is 1. The summed E-state index contributed by atoms with van der Waals surface area (Å²) in [5, 5.41) is 62.7. The lowest BCUT2D eigenvalue weighted by Gasteiger charge is -2.26. The Morgan fingerprint density at radius 3 is 1.80 bits per heavy atom. The van der Waals surface area contributed by atoms with Gasteiger partial charge in [0, 0.05) is 52.2 Å². The molecule has 1 fully saturated rings. The SMILES string of the molecule is COCCOCCNC(=O)CNC(=O)[C@H](Cc1c[nH]cn1)NC(=O)[C@H](CC(N)=O)NC(=O)[C@H](CC(=O)O)NC(=O)[C@H](CO)NC(=O)[C@H](CCCNC(=N)N)NC(=O)CNC(=O)[C@H](CO)NC(=O)[C@H](CC(C)C)NC(=O)CCCCCN1C(=O)CC(SC)C1=O. The number of carboxylic acid groups (broad SMARTS) is 1. The van der Waals surface area contributed by atoms with E-state index in [1.54, 1.807) is 20.1 Å². The van der Waals surface area contributed by atoms with Crippen LogP contribution in [0.4, 0.5) is 0 Å². The molecule has 1 aliphatic rings. The van der Waals surface area contributed by atoms with E-state index in [1.807, 2.05) is 5.32 Å². The molecule has 0 bridgehead atoms. The minimum absolute atomic E-state index is 0.00500. The number of imidazole rings is 1. The zero-order chi connectivity index (χ0) is 66.6. The maximum absolute atomic E-state index is 13.8. The molecule has 1 aliphatic heterocycles. The lowest BCUT2D eigenvalue weighted by Crippen LogP contribution is -2.60. The summed E-state index contributed by atoms with van der Waals surface area (Å²) in [5.41, 5.74) is 11.0. The highest BCUT2D eigenvalue weighted by molar-refractivity contribution is 8.00. The van der Waals surface area contributed by atoms with Gasteiger partial charge in [-0.25, -0.2) is 4.98 Å². The summed E-state index contributed by atoms with van der Waals surface area (Å²) in [6.45, 7) is 0.950. The van der Waals surface area contributed by atoms with Crippen LogP contribution < -0.4 is 70.0 Å². The van der Waals surface area contributed by atoms with Gasteiger partial charge >= 0.3 is 5.97 Å². The molecule has 20 N–H and O–H groups in total. The van der Waals surface area contributed by atoms with Gasteiger partial charge in [0.25, 0.3) is 0 Å². The number of nitrogens with zero attached hydrogens (tertiary/aromatic N) is 2. The lowest BCUT2D eigenvalue weighted by atomic mass is 10.0. The van der Waals surface area contributed by atoms with Gasteiger partial charge in [0.05, 0.1) is 76.2 Å². The first-order valence-corrected chi connectivity index (χ1v) is 29.7. The van der Waals surface area contributed by atoms with Crippen molar-refractivity contribution in [3.05, 3.63) is 18.2 Å². The zero-order valence-corrected chi connectivity index (χ0v) is 50.8. The van der Waals surface area contributed by atoms with Gasteiger partial charge in [-0.15, -0.1) is 0 Å². The molecule has 89 heavy (non-hydrogen) atoms. The Balaban J connectivity index is 2.15. The van der Waals surface area contributed by atoms with Crippen molar-refractivity contribution < 1.29 is 91.9 Å². The number of likely N-dealkylation sites (tertiary alicyclic amines) is 1. The fourth-order valence-corrected chi connectivity index (χ4v) is 8.97. The summed E-state index contributed by atoms with van der Waals surface area (Å²) in [6.07, 6.45) is 3.30. The summed E-state index contributed by atoms with van der Waals surface area (Å²) >= 11 is 1.30. The van der Waals surface area contributed by atoms with Crippen LogP contribution in [-0.2, 0) is 83.0 Å². The molecular weight excluding hydrogens is 1200 g/mol. The topological polar surface area (TPSA) is 558 Å². The van der Waals surface area contributed by atoms with Crippen molar-refractivity contribution in [1.29, 1.82) is 5.41 Å². The van der Waals surface area contributed by atoms with Crippen LogP contribution in [-0.4, -0.2) is 246 Å². The van der Waals surface area contributed by atoms with E-state index in [0.717, 1.165) is 0 Å². The van der Waals surface area contributed by atoms with Crippen molar-refractivity contribution in [1.82, 2.24) is 73.4 Å². The average Bonchev–Trinajstić information content (AvgIpc) is 3.41. The van der Waals surface area contributed by atoms with Crippen LogP contribution in [0.1, 0.15) is 83.7 Å². The van der Waals surface area contributed by atoms with E-state index >= 15 is 0 Å². The van der Waals surface area contributed by atoms with Crippen molar-refractivity contribution in [3.63, 3.8) is 0 Å². The number of H-pyrrole nitrogens is 1. The lowest BCUT2D eigenvalue weighted by molar-refractivity contribution is -0.142. The molecule has 0 spiro atoms. The molecule has 0 aliphatic carbocycles. The third-order valence-electron chi connectivity index (χ3n) is 12.9. The van der Waals surface area contributed by atoms with Gasteiger partial charge in [0.1, 0.15) is 42.3 Å². The molecule has 1 aromatic rings. The third kappa shape index (κ3) is 30.3. The van der Waals surface area contributed by atoms with Gasteiger partial charge in [-0.05, 0) is 44.3 Å². The Morgan fingerprint density at radius 1 is 0.674 bits per heavy atom. The smallest absolute Gasteiger partial charge is 0.305 e. The first kappa shape index (κ1) is 76.5. The molecule has 1 aromatic heterocycles. The van der Waals surface area contributed by atoms with Gasteiger partial charge < -0.3 is 99.7 Å². The predicted molar refractivity (Wildman–Crippen MR) is 313 cm³/mol. The highest BCUT2D eigenvalue weighted by atomic mass is 32.2. The maximum Gasteiger partial charge on any atom is 0.305 e. The molecule has 0 saturated carbocycles. The van der Waals surface area contributed by atoms with Crippen LogP contribution in [0.3, 0.4) is 0 Å². The highest BCUT2D eigenvalue weighted by Gasteiger charge is 2.38. The number of aliphatic carboxylic acids is 1. The summed E-state index contributed by atoms with van der Waals surface area (Å²) in [4.78, 5) is 190. The van der Waals surface area contributed by atoms with Gasteiger partial charge in [-0.2, -0.15) is 11.8 Å². The Hall–Kier alpha value is -8.55. The van der Waals surface area contributed by atoms with Crippen LogP contribution in [0.2, 0.25) is 0 Å². The quantitative estimate of drug-likeness (QED) is 0.0125. The van der Waals surface area contributed by atoms with Crippen molar-refractivity contribution in [2.24, 2.45) is 17.4 Å². The minimum atomic E-state index is -2.10. The summed E-state index contributed by atoms with van der Waals surface area (Å²) in [5.74, 6) is -14.1. The number of aliphatic hydroxyl groups is 2. The van der Waals surface area contributed by atoms with Crippen LogP contribution in [0.5, 0.6) is 0 Å². The molecule has 1 unspecified atom stereocenters. The van der Waals surface area contributed by atoms with Gasteiger partial charge in [-0.3, -0.25) is 77.4 Å². The molecular formula is C52H85N17O19S. The summed E-state index contributed by atoms with van der Waals surface area (Å²) < 4.78 is 10.1. The summed E-state index contributed by atoms with van der Waals surface area (Å²) in [6, 6.07) is -11.9. The van der Waals surface area contributed by atoms with E-state index in [2.05, 4.69) is 63.1 Å². The molecule has 8 atom stereocenters. The number of methoxy groups -OCH3 is 1. The normalized spacial score (nSPS) is 15.1. The summed E-state index contributed by atoms with van der Waals surface area (Å²) in [7, 11) is 1.48. The van der Waals surface area contributed by atoms with E-state index in [0.29, 0.717) is 25.9 Å². The van der Waals surface area contributed by atoms with Crippen LogP contribution >= 0.6 is 11.8 Å². The second-order valence-electron chi connectivity index (χ2n) is 20.6. The second kappa shape index (κ2) is 41.6. The largest absolute Gasteiger partial charge is 0.481 e. The van der Waals surface area contributed by atoms with E-state index in [9.17, 15) is 82.4 Å². The standard InChI is InChI=1S/C52H85N17O19S/c1-28(2)17-31(63-39(73)10-6-5-7-13-69-42(76)21-37(89-4)51(69)86)47(82)67-35(25-70)45(80)60-24-41(75)62-30(9-8-11-58-52(54)55)46(81)68-36(26-71)50(85)66-34(20-43(77)78)49(84)65-33(19-38(53)72)48(83)64-32(18-29-22-56-27-61-29)44(79)59-23-40(74)57-12-14-88-16-15-87-3/h22,27-28,30-37,70-71H,5-21,23-26H2,1-4H3,(H2,53,72)(H,56,61)(H,57,74)(H,59,79)(H,60,80)(H,62,75)(H,63,73)(H,64,83)(H,65,84)(H,66,85)(H,67,82)(H,68,81)(H,77,78)(H4,54,55,58)/t30-,31-,32-,33-,34-,35-,36-,37?/m0/s1. The Bertz CT molecular complexity index is 2580. The number of amides is 13. The minimum Gasteiger partial charge on any atom is -0.481 e. The fraction of sp³-hybridized carbons (Fsp3) is 0.654. The van der Waals surface area contributed by atoms with E-state index in [-0.39, 0.29) is 94.8 Å². The second-order valence-corrected chi connectivity index (χ2v) is 21.6. The Morgan fingerprint density at radius 2 is 1.24 bits per heavy atom. The number of rotatable bonds is 45. The number of nitrogens with one attached hydrogen (secondary N) is 13. The molecule has 2 rings (SSSR count). The van der Waals surface area contributed by atoms with Crippen molar-refractivity contribution in [2.75, 3.05) is 79.1 Å². The number of guanidine groups is 1. The number of primary amides is 1. The Labute approximate surface area is 516 Å². The van der Waals surface area contributed by atoms with E-state index < -0.39 is 164 Å². The zero-order valence-electron chi connectivity index (χ0n) is 50.0. The van der Waals surface area contributed by atoms with Crippen molar-refractivity contribution in [3.8, 4) is 0 Å². The number of hydrogen-bond acceptors (Lipinski definition) is 21. The van der Waals surface area contributed by atoms with Crippen LogP contribution in [0.25, 0.3) is 0 Å². The molecule has 498 valence electrons. The number of carboxylic acids is 1. The molecule has 36 nitrogen and oxygen atoms in total. The van der Waals surface area contributed by atoms with Gasteiger partial charge in [-0.1, -0.05) is 20.3 Å². The third-order valence-corrected chi connectivity index (χ3v) is 13.8. The number of nitrogens with two attached hydrogens (primary N) is 2. The number of aromatic nitrogens is 2. The van der Waals surface area contributed by atoms with Gasteiger partial charge in [0.2, 0.25) is 76.8 Å². The molecule has 2 heterocycles. The Kier molecular flexibility index (Phi) is 35.8. The molecule has 0 radical (unpaired) electrons. The number of hydrogen-bond donors (Lipinski definition) is 18. The number of imide groups is 1. The monoisotopic (exact) mass is 1280 g/mol. The predicted octanol–water partition coefficient (Wildman–Crippen LogP) is -7.95. The first-order valence-electron chi connectivity index (χ1n) is 28.4. The van der Waals surface area contributed by atoms with Crippen LogP contribution in [0.15, 0.2) is 12.5 Å². The molecule has 1 saturated heterocycles. The molecule has 13 amide bonds. The van der Waals surface area contributed by atoms with Crippen molar-refractivity contribution in [2.45, 2.75) is 132 Å². The number of carbonyl (C=O) groups excluding carboxylic acids is 13. The molecule has 0 aromatic carbocycles. The fourth-order valence-electron chi connectivity index (χ4n) is 8.33.